The third-order valence-corrected chi connectivity index (χ3v) is 3.66. The highest BCUT2D eigenvalue weighted by Gasteiger charge is 2.07. The van der Waals surface area contributed by atoms with E-state index in [9.17, 15) is 4.79 Å². The number of methoxy groups -OCH3 is 1. The number of aromatic nitrogens is 1. The van der Waals surface area contributed by atoms with E-state index < -0.39 is 0 Å². The molecule has 5 heteroatoms. The standard InChI is InChI=1S/C17H15ClN2O2/c1-22-15-6-4-14(5-7-15)19-17(21)11-20-9-8-12-2-3-13(18)10-16(12)20/h2-10H,11H2,1H3,(H,19,21). The van der Waals surface area contributed by atoms with Crippen molar-refractivity contribution in [3.05, 3.63) is 59.8 Å². The molecule has 4 nitrogen and oxygen atoms in total. The van der Waals surface area contributed by atoms with Crippen LogP contribution in [0.25, 0.3) is 10.9 Å². The van der Waals surface area contributed by atoms with Crippen LogP contribution in [0, 0.1) is 0 Å². The van der Waals surface area contributed by atoms with Crippen LogP contribution in [-0.4, -0.2) is 17.6 Å². The van der Waals surface area contributed by atoms with E-state index in [2.05, 4.69) is 5.32 Å². The van der Waals surface area contributed by atoms with Gasteiger partial charge in [0.1, 0.15) is 12.3 Å². The van der Waals surface area contributed by atoms with Crippen molar-refractivity contribution >= 4 is 34.1 Å². The molecule has 2 aromatic carbocycles. The molecule has 0 aliphatic carbocycles. The first-order valence-corrected chi connectivity index (χ1v) is 7.22. The summed E-state index contributed by atoms with van der Waals surface area (Å²) < 4.78 is 6.96. The normalized spacial score (nSPS) is 10.6. The molecule has 3 aromatic rings. The van der Waals surface area contributed by atoms with E-state index in [1.54, 1.807) is 31.4 Å². The molecule has 0 aliphatic heterocycles. The molecule has 22 heavy (non-hydrogen) atoms. The predicted molar refractivity (Wildman–Crippen MR) is 88.6 cm³/mol. The Morgan fingerprint density at radius 3 is 2.68 bits per heavy atom. The molecule has 112 valence electrons. The lowest BCUT2D eigenvalue weighted by Crippen LogP contribution is -2.18. The highest BCUT2D eigenvalue weighted by molar-refractivity contribution is 6.31. The van der Waals surface area contributed by atoms with Crippen molar-refractivity contribution in [2.45, 2.75) is 6.54 Å². The summed E-state index contributed by atoms with van der Waals surface area (Å²) in [5, 5.41) is 4.58. The van der Waals surface area contributed by atoms with Crippen LogP contribution < -0.4 is 10.1 Å². The van der Waals surface area contributed by atoms with Crippen molar-refractivity contribution in [1.29, 1.82) is 0 Å². The van der Waals surface area contributed by atoms with Gasteiger partial charge in [-0.2, -0.15) is 0 Å². The Morgan fingerprint density at radius 1 is 1.18 bits per heavy atom. The van der Waals surface area contributed by atoms with Crippen LogP contribution >= 0.6 is 11.6 Å². The van der Waals surface area contributed by atoms with Crippen molar-refractivity contribution in [3.8, 4) is 5.75 Å². The number of nitrogens with zero attached hydrogens (tertiary/aromatic N) is 1. The van der Waals surface area contributed by atoms with Gasteiger partial charge in [-0.25, -0.2) is 0 Å². The molecule has 1 amide bonds. The summed E-state index contributed by atoms with van der Waals surface area (Å²) in [6.07, 6.45) is 1.88. The number of anilines is 1. The van der Waals surface area contributed by atoms with Gasteiger partial charge < -0.3 is 14.6 Å². The molecule has 0 unspecified atom stereocenters. The molecular formula is C17H15ClN2O2. The summed E-state index contributed by atoms with van der Waals surface area (Å²) in [7, 11) is 1.61. The molecule has 3 rings (SSSR count). The molecule has 0 atom stereocenters. The van der Waals surface area contributed by atoms with Crippen LogP contribution in [0.4, 0.5) is 5.69 Å². The highest BCUT2D eigenvalue weighted by atomic mass is 35.5. The van der Waals surface area contributed by atoms with Crippen LogP contribution in [0.2, 0.25) is 5.02 Å². The predicted octanol–water partition coefficient (Wildman–Crippen LogP) is 3.94. The number of ether oxygens (including phenoxy) is 1. The summed E-state index contributed by atoms with van der Waals surface area (Å²) in [6, 6.07) is 14.8. The molecule has 0 aliphatic rings. The van der Waals surface area contributed by atoms with Gasteiger partial charge in [-0.1, -0.05) is 17.7 Å². The Bertz CT molecular complexity index is 809. The summed E-state index contributed by atoms with van der Waals surface area (Å²) in [5.41, 5.74) is 1.68. The monoisotopic (exact) mass is 314 g/mol. The van der Waals surface area contributed by atoms with Gasteiger partial charge in [-0.3, -0.25) is 4.79 Å². The van der Waals surface area contributed by atoms with E-state index in [-0.39, 0.29) is 12.5 Å². The van der Waals surface area contributed by atoms with Gasteiger partial charge in [0.25, 0.3) is 0 Å². The van der Waals surface area contributed by atoms with Gasteiger partial charge in [0, 0.05) is 22.4 Å². The SMILES string of the molecule is COc1ccc(NC(=O)Cn2ccc3ccc(Cl)cc32)cc1. The average molecular weight is 315 g/mol. The molecular weight excluding hydrogens is 300 g/mol. The molecule has 0 spiro atoms. The zero-order chi connectivity index (χ0) is 15.5. The fourth-order valence-electron chi connectivity index (χ4n) is 2.32. The van der Waals surface area contributed by atoms with Crippen molar-refractivity contribution in [2.24, 2.45) is 0 Å². The number of nitrogens with one attached hydrogen (secondary N) is 1. The third kappa shape index (κ3) is 3.07. The second-order valence-corrected chi connectivity index (χ2v) is 5.36. The molecule has 0 bridgehead atoms. The Balaban J connectivity index is 1.73. The largest absolute Gasteiger partial charge is 0.497 e. The maximum atomic E-state index is 12.2. The first-order chi connectivity index (χ1) is 10.7. The van der Waals surface area contributed by atoms with Crippen molar-refractivity contribution in [3.63, 3.8) is 0 Å². The van der Waals surface area contributed by atoms with Gasteiger partial charge in [-0.05, 0) is 47.9 Å². The number of benzene rings is 2. The maximum Gasteiger partial charge on any atom is 0.244 e. The highest BCUT2D eigenvalue weighted by Crippen LogP contribution is 2.21. The number of hydrogen-bond acceptors (Lipinski definition) is 2. The Labute approximate surface area is 133 Å². The van der Waals surface area contributed by atoms with Gasteiger partial charge in [0.15, 0.2) is 0 Å². The first-order valence-electron chi connectivity index (χ1n) is 6.84. The Morgan fingerprint density at radius 2 is 1.95 bits per heavy atom. The quantitative estimate of drug-likeness (QED) is 0.792. The number of amides is 1. The van der Waals surface area contributed by atoms with Crippen LogP contribution in [0.5, 0.6) is 5.75 Å². The van der Waals surface area contributed by atoms with E-state index >= 15 is 0 Å². The Hall–Kier alpha value is -2.46. The van der Waals surface area contributed by atoms with E-state index in [4.69, 9.17) is 16.3 Å². The minimum absolute atomic E-state index is 0.0948. The lowest BCUT2D eigenvalue weighted by molar-refractivity contribution is -0.116. The van der Waals surface area contributed by atoms with Crippen LogP contribution in [-0.2, 0) is 11.3 Å². The maximum absolute atomic E-state index is 12.2. The summed E-state index contributed by atoms with van der Waals surface area (Å²) in [5.74, 6) is 0.659. The van der Waals surface area contributed by atoms with E-state index in [0.29, 0.717) is 5.02 Å². The fraction of sp³-hybridized carbons (Fsp3) is 0.118. The molecule has 0 saturated heterocycles. The zero-order valence-corrected chi connectivity index (χ0v) is 12.8. The molecule has 1 N–H and O–H groups in total. The summed E-state index contributed by atoms with van der Waals surface area (Å²) >= 11 is 6.02. The van der Waals surface area contributed by atoms with Gasteiger partial charge >= 0.3 is 0 Å². The van der Waals surface area contributed by atoms with Gasteiger partial charge in [-0.15, -0.1) is 0 Å². The van der Waals surface area contributed by atoms with Gasteiger partial charge in [0.05, 0.1) is 7.11 Å². The van der Waals surface area contributed by atoms with E-state index in [1.165, 1.54) is 0 Å². The molecule has 1 aromatic heterocycles. The number of hydrogen-bond donors (Lipinski definition) is 1. The van der Waals surface area contributed by atoms with Crippen LogP contribution in [0.3, 0.4) is 0 Å². The van der Waals surface area contributed by atoms with Crippen LogP contribution in [0.1, 0.15) is 0 Å². The fourth-order valence-corrected chi connectivity index (χ4v) is 2.49. The number of carbonyl (C=O) groups excluding carboxylic acids is 1. The lowest BCUT2D eigenvalue weighted by atomic mass is 10.2. The summed E-state index contributed by atoms with van der Waals surface area (Å²) in [6.45, 7) is 0.232. The van der Waals surface area contributed by atoms with Crippen LogP contribution in [0.15, 0.2) is 54.7 Å². The molecule has 1 heterocycles. The lowest BCUT2D eigenvalue weighted by Gasteiger charge is -2.08. The topological polar surface area (TPSA) is 43.3 Å². The zero-order valence-electron chi connectivity index (χ0n) is 12.0. The minimum atomic E-state index is -0.0948. The molecule has 0 fully saturated rings. The van der Waals surface area contributed by atoms with E-state index in [0.717, 1.165) is 22.3 Å². The van der Waals surface area contributed by atoms with Crippen molar-refractivity contribution in [1.82, 2.24) is 4.57 Å². The smallest absolute Gasteiger partial charge is 0.244 e. The summed E-state index contributed by atoms with van der Waals surface area (Å²) in [4.78, 5) is 12.2. The second-order valence-electron chi connectivity index (χ2n) is 4.92. The third-order valence-electron chi connectivity index (χ3n) is 3.42. The van der Waals surface area contributed by atoms with Crippen molar-refractivity contribution < 1.29 is 9.53 Å². The second kappa shape index (κ2) is 6.12. The number of rotatable bonds is 4. The van der Waals surface area contributed by atoms with E-state index in [1.807, 2.05) is 35.0 Å². The van der Waals surface area contributed by atoms with Crippen molar-refractivity contribution in [2.75, 3.05) is 12.4 Å². The first kappa shape index (κ1) is 14.5. The number of halogens is 1. The molecule has 0 saturated carbocycles. The Kier molecular flexibility index (Phi) is 4.02. The molecule has 0 radical (unpaired) electrons. The minimum Gasteiger partial charge on any atom is -0.497 e. The average Bonchev–Trinajstić information content (AvgIpc) is 2.90. The van der Waals surface area contributed by atoms with Gasteiger partial charge in [0.2, 0.25) is 5.91 Å². The number of fused-ring (bicyclic) bond motifs is 1. The number of carbonyl (C=O) groups is 1.